The van der Waals surface area contributed by atoms with E-state index < -0.39 is 0 Å². The monoisotopic (exact) mass is 516 g/mol. The highest BCUT2D eigenvalue weighted by Crippen LogP contribution is 2.39. The number of rotatable bonds is 6. The molecule has 0 spiro atoms. The van der Waals surface area contributed by atoms with Crippen molar-refractivity contribution in [2.24, 2.45) is 7.05 Å². The fourth-order valence-corrected chi connectivity index (χ4v) is 6.27. The molecule has 0 aliphatic heterocycles. The fourth-order valence-electron chi connectivity index (χ4n) is 5.00. The first-order valence-electron chi connectivity index (χ1n) is 12.9. The van der Waals surface area contributed by atoms with Gasteiger partial charge in [0.25, 0.3) is 5.91 Å². The molecular weight excluding hydrogens is 484 g/mol. The Hall–Kier alpha value is -3.52. The lowest BCUT2D eigenvalue weighted by atomic mass is 9.95. The van der Waals surface area contributed by atoms with Crippen molar-refractivity contribution in [2.45, 2.75) is 65.9 Å². The number of aryl methyl sites for hydroxylation is 3. The van der Waals surface area contributed by atoms with E-state index in [2.05, 4.69) is 10.4 Å². The summed E-state index contributed by atoms with van der Waals surface area (Å²) < 4.78 is 7.54. The van der Waals surface area contributed by atoms with E-state index in [1.54, 1.807) is 0 Å². The van der Waals surface area contributed by atoms with E-state index in [0.717, 1.165) is 65.5 Å². The second kappa shape index (κ2) is 10.1. The van der Waals surface area contributed by atoms with Crippen molar-refractivity contribution in [3.63, 3.8) is 0 Å². The van der Waals surface area contributed by atoms with Gasteiger partial charge in [-0.1, -0.05) is 25.1 Å². The maximum atomic E-state index is 13.8. The van der Waals surface area contributed by atoms with Gasteiger partial charge in [0.1, 0.15) is 5.00 Å². The average molecular weight is 517 g/mol. The van der Waals surface area contributed by atoms with Crippen LogP contribution in [-0.4, -0.2) is 32.7 Å². The lowest BCUT2D eigenvalue weighted by Crippen LogP contribution is -2.19. The highest BCUT2D eigenvalue weighted by atomic mass is 32.1. The van der Waals surface area contributed by atoms with Crippen molar-refractivity contribution in [1.82, 2.24) is 14.8 Å². The third-order valence-corrected chi connectivity index (χ3v) is 8.42. The molecule has 37 heavy (non-hydrogen) atoms. The van der Waals surface area contributed by atoms with Crippen LogP contribution in [-0.2, 0) is 24.6 Å². The maximum absolute atomic E-state index is 13.8. The van der Waals surface area contributed by atoms with Crippen molar-refractivity contribution >= 4 is 39.1 Å². The van der Waals surface area contributed by atoms with Gasteiger partial charge in [-0.3, -0.25) is 9.48 Å². The van der Waals surface area contributed by atoms with Crippen LogP contribution in [0.2, 0.25) is 0 Å². The summed E-state index contributed by atoms with van der Waals surface area (Å²) >= 11 is 1.50. The predicted octanol–water partition coefficient (Wildman–Crippen LogP) is 6.40. The first-order chi connectivity index (χ1) is 17.8. The Morgan fingerprint density at radius 3 is 2.68 bits per heavy atom. The number of pyridine rings is 1. The summed E-state index contributed by atoms with van der Waals surface area (Å²) in [6.07, 6.45) is 4.41. The van der Waals surface area contributed by atoms with Crippen LogP contribution < -0.4 is 5.32 Å². The zero-order chi connectivity index (χ0) is 26.3. The molecule has 7 nitrogen and oxygen atoms in total. The molecule has 0 fully saturated rings. The van der Waals surface area contributed by atoms with Crippen LogP contribution in [0.15, 0.2) is 30.3 Å². The molecule has 1 aliphatic carbocycles. The van der Waals surface area contributed by atoms with Crippen LogP contribution >= 0.6 is 11.3 Å². The molecular formula is C29H32N4O3S. The van der Waals surface area contributed by atoms with Crippen molar-refractivity contribution < 1.29 is 14.3 Å². The molecule has 3 heterocycles. The molecule has 1 unspecified atom stereocenters. The molecule has 4 aromatic rings. The number of benzene rings is 1. The fraction of sp³-hybridized carbons (Fsp3) is 0.379. The van der Waals surface area contributed by atoms with Crippen molar-refractivity contribution in [1.29, 1.82) is 0 Å². The number of para-hydroxylation sites is 1. The third-order valence-electron chi connectivity index (χ3n) is 7.21. The second-order valence-electron chi connectivity index (χ2n) is 9.73. The lowest BCUT2D eigenvalue weighted by Gasteiger charge is -2.15. The second-order valence-corrected chi connectivity index (χ2v) is 10.8. The minimum atomic E-state index is -0.356. The smallest absolute Gasteiger partial charge is 0.341 e. The molecule has 0 saturated carbocycles. The Balaban J connectivity index is 1.59. The highest BCUT2D eigenvalue weighted by molar-refractivity contribution is 7.17. The molecule has 192 valence electrons. The Morgan fingerprint density at radius 2 is 1.95 bits per heavy atom. The van der Waals surface area contributed by atoms with Gasteiger partial charge in [0.15, 0.2) is 0 Å². The molecule has 3 aromatic heterocycles. The molecule has 0 saturated heterocycles. The minimum Gasteiger partial charge on any atom is -0.459 e. The van der Waals surface area contributed by atoms with E-state index in [1.807, 2.05) is 69.8 Å². The lowest BCUT2D eigenvalue weighted by molar-refractivity contribution is 0.0335. The summed E-state index contributed by atoms with van der Waals surface area (Å²) in [5.41, 5.74) is 6.25. The first kappa shape index (κ1) is 25.1. The van der Waals surface area contributed by atoms with Gasteiger partial charge in [-0.05, 0) is 70.6 Å². The van der Waals surface area contributed by atoms with Crippen molar-refractivity contribution in [2.75, 3.05) is 5.32 Å². The number of anilines is 1. The number of aromatic nitrogens is 3. The topological polar surface area (TPSA) is 86.1 Å². The van der Waals surface area contributed by atoms with Crippen LogP contribution in [0, 0.1) is 13.8 Å². The molecule has 1 amide bonds. The van der Waals surface area contributed by atoms with Crippen LogP contribution in [0.25, 0.3) is 22.2 Å². The maximum Gasteiger partial charge on any atom is 0.341 e. The number of carbonyl (C=O) groups is 2. The zero-order valence-corrected chi connectivity index (χ0v) is 22.8. The Bertz CT molecular complexity index is 1520. The number of esters is 1. The normalized spacial score (nSPS) is 13.9. The number of fused-ring (bicyclic) bond motifs is 2. The van der Waals surface area contributed by atoms with Crippen molar-refractivity contribution in [3.05, 3.63) is 63.3 Å². The quantitative estimate of drug-likeness (QED) is 0.300. The van der Waals surface area contributed by atoms with Gasteiger partial charge in [0.2, 0.25) is 0 Å². The van der Waals surface area contributed by atoms with E-state index in [-0.39, 0.29) is 18.0 Å². The van der Waals surface area contributed by atoms with Crippen LogP contribution in [0.1, 0.15) is 75.7 Å². The van der Waals surface area contributed by atoms with Crippen LogP contribution in [0.5, 0.6) is 0 Å². The molecule has 1 atom stereocenters. The van der Waals surface area contributed by atoms with Crippen molar-refractivity contribution in [3.8, 4) is 11.3 Å². The molecule has 0 bridgehead atoms. The number of amides is 1. The summed E-state index contributed by atoms with van der Waals surface area (Å²) in [7, 11) is 1.90. The van der Waals surface area contributed by atoms with Gasteiger partial charge < -0.3 is 10.1 Å². The summed E-state index contributed by atoms with van der Waals surface area (Å²) in [6, 6.07) is 9.47. The van der Waals surface area contributed by atoms with E-state index in [9.17, 15) is 9.59 Å². The zero-order valence-electron chi connectivity index (χ0n) is 22.0. The first-order valence-corrected chi connectivity index (χ1v) is 13.7. The van der Waals surface area contributed by atoms with E-state index in [0.29, 0.717) is 21.8 Å². The number of nitrogens with zero attached hydrogens (tertiary/aromatic N) is 3. The number of ether oxygens (including phenoxy) is 1. The highest BCUT2D eigenvalue weighted by Gasteiger charge is 2.29. The van der Waals surface area contributed by atoms with Crippen LogP contribution in [0.3, 0.4) is 0 Å². The molecule has 8 heteroatoms. The number of carbonyl (C=O) groups excluding carboxylic acids is 2. The van der Waals surface area contributed by atoms with Crippen LogP contribution in [0.4, 0.5) is 5.00 Å². The molecule has 0 radical (unpaired) electrons. The van der Waals surface area contributed by atoms with Gasteiger partial charge in [-0.15, -0.1) is 11.3 Å². The van der Waals surface area contributed by atoms with Gasteiger partial charge >= 0.3 is 5.97 Å². The predicted molar refractivity (Wildman–Crippen MR) is 148 cm³/mol. The summed E-state index contributed by atoms with van der Waals surface area (Å²) in [5, 5.41) is 8.95. The standard InChI is InChI=1S/C29H32N4O3S/c1-6-16(2)36-29(35)26-20-12-8-10-14-24(20)37-28(26)31-27(34)21-15-23(25-17(3)32-33(5)18(25)4)30-22-13-9-7-11-19(21)22/h7,9,11,13,15-16H,6,8,10,12,14H2,1-5H3,(H,31,34). The average Bonchev–Trinajstić information content (AvgIpc) is 3.37. The third kappa shape index (κ3) is 4.66. The van der Waals surface area contributed by atoms with E-state index in [4.69, 9.17) is 9.72 Å². The Kier molecular flexibility index (Phi) is 6.86. The Labute approximate surface area is 220 Å². The minimum absolute atomic E-state index is 0.187. The number of hydrogen-bond acceptors (Lipinski definition) is 6. The van der Waals surface area contributed by atoms with Gasteiger partial charge in [-0.2, -0.15) is 5.10 Å². The number of nitrogens with one attached hydrogen (secondary N) is 1. The molecule has 5 rings (SSSR count). The van der Waals surface area contributed by atoms with Gasteiger partial charge in [0.05, 0.1) is 34.1 Å². The van der Waals surface area contributed by atoms with Gasteiger partial charge in [0, 0.05) is 28.6 Å². The SMILES string of the molecule is CCC(C)OC(=O)c1c(NC(=O)c2cc(-c3c(C)nn(C)c3C)nc3ccccc23)sc2c1CCCC2. The summed E-state index contributed by atoms with van der Waals surface area (Å²) in [4.78, 5) is 33.1. The van der Waals surface area contributed by atoms with Gasteiger partial charge in [-0.25, -0.2) is 9.78 Å². The summed E-state index contributed by atoms with van der Waals surface area (Å²) in [6.45, 7) is 7.82. The molecule has 1 N–H and O–H groups in total. The summed E-state index contributed by atoms with van der Waals surface area (Å²) in [5.74, 6) is -0.624. The number of hydrogen-bond donors (Lipinski definition) is 1. The van der Waals surface area contributed by atoms with E-state index in [1.165, 1.54) is 16.2 Å². The molecule has 1 aliphatic rings. The Morgan fingerprint density at radius 1 is 1.19 bits per heavy atom. The number of thiophene rings is 1. The molecule has 1 aromatic carbocycles. The van der Waals surface area contributed by atoms with E-state index >= 15 is 0 Å². The largest absolute Gasteiger partial charge is 0.459 e.